The third kappa shape index (κ3) is 1.27. The summed E-state index contributed by atoms with van der Waals surface area (Å²) in [6, 6.07) is 2.29. The molecular weight excluding hydrogens is 186 g/mol. The first-order valence-electron chi connectivity index (χ1n) is 4.60. The summed E-state index contributed by atoms with van der Waals surface area (Å²) in [4.78, 5) is 0. The Bertz CT molecular complexity index is 271. The normalized spacial score (nSPS) is 43.5. The molecule has 0 aromatic heterocycles. The predicted molar refractivity (Wildman–Crippen MR) is 50.1 cm³/mol. The summed E-state index contributed by atoms with van der Waals surface area (Å²) in [6.07, 6.45) is 4.73. The van der Waals surface area contributed by atoms with Crippen molar-refractivity contribution in [2.75, 3.05) is 5.88 Å². The minimum atomic E-state index is -0.522. The van der Waals surface area contributed by atoms with Crippen molar-refractivity contribution in [2.24, 2.45) is 23.7 Å². The van der Waals surface area contributed by atoms with Crippen molar-refractivity contribution >= 4 is 11.6 Å². The van der Waals surface area contributed by atoms with Crippen LogP contribution in [0, 0.1) is 35.0 Å². The van der Waals surface area contributed by atoms with Crippen LogP contribution in [-0.4, -0.2) is 17.1 Å². The zero-order valence-electron chi connectivity index (χ0n) is 7.23. The lowest BCUT2D eigenvalue weighted by Gasteiger charge is -2.26. The number of alkyl halides is 1. The molecule has 0 amide bonds. The SMILES string of the molecule is N#C[C@H]1[C@@H]([C@H](O)CCl)[C@@H]2C=C[C@H]1C2. The van der Waals surface area contributed by atoms with E-state index in [1.54, 1.807) is 0 Å². The van der Waals surface area contributed by atoms with Gasteiger partial charge in [0.05, 0.1) is 18.1 Å². The fraction of sp³-hybridized carbons (Fsp3) is 0.700. The summed E-state index contributed by atoms with van der Waals surface area (Å²) in [5, 5.41) is 18.6. The summed E-state index contributed by atoms with van der Waals surface area (Å²) in [5.41, 5.74) is 0. The Morgan fingerprint density at radius 2 is 2.23 bits per heavy atom. The van der Waals surface area contributed by atoms with Gasteiger partial charge in [-0.1, -0.05) is 12.2 Å². The highest BCUT2D eigenvalue weighted by Gasteiger charge is 2.47. The van der Waals surface area contributed by atoms with Gasteiger partial charge in [0.15, 0.2) is 0 Å². The fourth-order valence-electron chi connectivity index (χ4n) is 2.67. The van der Waals surface area contributed by atoms with Crippen LogP contribution in [-0.2, 0) is 0 Å². The van der Waals surface area contributed by atoms with Gasteiger partial charge in [0.1, 0.15) is 0 Å². The summed E-state index contributed by atoms with van der Waals surface area (Å²) in [6.45, 7) is 0. The van der Waals surface area contributed by atoms with Gasteiger partial charge in [-0.25, -0.2) is 0 Å². The van der Waals surface area contributed by atoms with Gasteiger partial charge >= 0.3 is 0 Å². The first kappa shape index (κ1) is 9.05. The molecule has 0 aliphatic heterocycles. The molecule has 0 radical (unpaired) electrons. The van der Waals surface area contributed by atoms with Crippen molar-refractivity contribution < 1.29 is 5.11 Å². The first-order valence-corrected chi connectivity index (χ1v) is 5.13. The largest absolute Gasteiger partial charge is 0.392 e. The summed E-state index contributed by atoms with van der Waals surface area (Å²) < 4.78 is 0. The summed E-state index contributed by atoms with van der Waals surface area (Å²) >= 11 is 5.61. The number of halogens is 1. The third-order valence-electron chi connectivity index (χ3n) is 3.27. The maximum atomic E-state index is 9.66. The van der Waals surface area contributed by atoms with E-state index < -0.39 is 6.10 Å². The molecule has 1 N–H and O–H groups in total. The number of rotatable bonds is 2. The molecule has 13 heavy (non-hydrogen) atoms. The summed E-state index contributed by atoms with van der Waals surface area (Å²) in [7, 11) is 0. The van der Waals surface area contributed by atoms with E-state index >= 15 is 0 Å². The quantitative estimate of drug-likeness (QED) is 0.539. The smallest absolute Gasteiger partial charge is 0.0722 e. The molecular formula is C10H12ClNO. The number of aliphatic hydroxyl groups is 1. The topological polar surface area (TPSA) is 44.0 Å². The second kappa shape index (κ2) is 3.32. The molecule has 2 bridgehead atoms. The first-order chi connectivity index (χ1) is 6.27. The van der Waals surface area contributed by atoms with Gasteiger partial charge in [-0.05, 0) is 18.3 Å². The zero-order valence-corrected chi connectivity index (χ0v) is 7.98. The molecule has 0 unspecified atom stereocenters. The van der Waals surface area contributed by atoms with E-state index in [-0.39, 0.29) is 17.7 Å². The fourth-order valence-corrected chi connectivity index (χ4v) is 2.88. The van der Waals surface area contributed by atoms with E-state index in [4.69, 9.17) is 16.9 Å². The Balaban J connectivity index is 2.19. The van der Waals surface area contributed by atoms with Crippen LogP contribution >= 0.6 is 11.6 Å². The van der Waals surface area contributed by atoms with E-state index in [0.717, 1.165) is 6.42 Å². The van der Waals surface area contributed by atoms with Crippen LogP contribution in [0.4, 0.5) is 0 Å². The lowest BCUT2D eigenvalue weighted by Crippen LogP contribution is -2.31. The highest BCUT2D eigenvalue weighted by atomic mass is 35.5. The predicted octanol–water partition coefficient (Wildman–Crippen LogP) is 1.55. The zero-order chi connectivity index (χ0) is 9.42. The number of allylic oxidation sites excluding steroid dienone is 2. The van der Waals surface area contributed by atoms with Crippen LogP contribution in [0.15, 0.2) is 12.2 Å². The number of nitrogens with zero attached hydrogens (tertiary/aromatic N) is 1. The van der Waals surface area contributed by atoms with Crippen LogP contribution < -0.4 is 0 Å². The average molecular weight is 198 g/mol. The van der Waals surface area contributed by atoms with Gasteiger partial charge in [-0.15, -0.1) is 11.6 Å². The van der Waals surface area contributed by atoms with Gasteiger partial charge in [0.2, 0.25) is 0 Å². The van der Waals surface area contributed by atoms with Crippen molar-refractivity contribution in [3.63, 3.8) is 0 Å². The van der Waals surface area contributed by atoms with Gasteiger partial charge in [-0.3, -0.25) is 0 Å². The summed E-state index contributed by atoms with van der Waals surface area (Å²) in [5.74, 6) is 1.02. The van der Waals surface area contributed by atoms with Gasteiger partial charge in [0.25, 0.3) is 0 Å². The van der Waals surface area contributed by atoms with Crippen LogP contribution in [0.3, 0.4) is 0 Å². The van der Waals surface area contributed by atoms with Crippen LogP contribution in [0.5, 0.6) is 0 Å². The Hall–Kier alpha value is -0.520. The van der Waals surface area contributed by atoms with Crippen molar-refractivity contribution in [3.8, 4) is 6.07 Å². The second-order valence-corrected chi connectivity index (χ2v) is 4.21. The van der Waals surface area contributed by atoms with Gasteiger partial charge in [0, 0.05) is 11.8 Å². The molecule has 2 aliphatic rings. The molecule has 2 nitrogen and oxygen atoms in total. The van der Waals surface area contributed by atoms with E-state index in [0.29, 0.717) is 11.8 Å². The molecule has 2 rings (SSSR count). The molecule has 0 heterocycles. The van der Waals surface area contributed by atoms with E-state index in [1.165, 1.54) is 0 Å². The standard InChI is InChI=1S/C10H12ClNO/c11-4-9(13)10-7-2-1-6(3-7)8(10)5-12/h1-2,6-10,13H,3-4H2/t6-,7+,8+,9+,10-/m0/s1. The lowest BCUT2D eigenvalue weighted by molar-refractivity contribution is 0.0968. The Morgan fingerprint density at radius 1 is 1.54 bits per heavy atom. The van der Waals surface area contributed by atoms with E-state index in [2.05, 4.69) is 18.2 Å². The van der Waals surface area contributed by atoms with Crippen LogP contribution in [0.25, 0.3) is 0 Å². The van der Waals surface area contributed by atoms with Crippen molar-refractivity contribution in [1.82, 2.24) is 0 Å². The maximum Gasteiger partial charge on any atom is 0.0722 e. The molecule has 5 atom stereocenters. The van der Waals surface area contributed by atoms with Gasteiger partial charge < -0.3 is 5.11 Å². The highest BCUT2D eigenvalue weighted by Crippen LogP contribution is 2.49. The molecule has 3 heteroatoms. The minimum Gasteiger partial charge on any atom is -0.392 e. The maximum absolute atomic E-state index is 9.66. The van der Waals surface area contributed by atoms with Crippen LogP contribution in [0.2, 0.25) is 0 Å². The third-order valence-corrected chi connectivity index (χ3v) is 3.59. The highest BCUT2D eigenvalue weighted by molar-refractivity contribution is 6.18. The lowest BCUT2D eigenvalue weighted by atomic mass is 9.81. The van der Waals surface area contributed by atoms with Crippen molar-refractivity contribution in [1.29, 1.82) is 5.26 Å². The van der Waals surface area contributed by atoms with E-state index in [9.17, 15) is 5.11 Å². The number of nitriles is 1. The average Bonchev–Trinajstić information content (AvgIpc) is 2.74. The van der Waals surface area contributed by atoms with Crippen molar-refractivity contribution in [3.05, 3.63) is 12.2 Å². The monoisotopic (exact) mass is 197 g/mol. The minimum absolute atomic E-state index is 0.0243. The Labute approximate surface area is 82.8 Å². The molecule has 0 saturated heterocycles. The molecule has 0 aromatic carbocycles. The van der Waals surface area contributed by atoms with Crippen LogP contribution in [0.1, 0.15) is 6.42 Å². The van der Waals surface area contributed by atoms with E-state index in [1.807, 2.05) is 0 Å². The molecule has 1 saturated carbocycles. The number of hydrogen-bond donors (Lipinski definition) is 1. The molecule has 2 aliphatic carbocycles. The second-order valence-electron chi connectivity index (χ2n) is 3.90. The molecule has 1 fully saturated rings. The molecule has 70 valence electrons. The van der Waals surface area contributed by atoms with Crippen molar-refractivity contribution in [2.45, 2.75) is 12.5 Å². The van der Waals surface area contributed by atoms with Gasteiger partial charge in [-0.2, -0.15) is 5.26 Å². The molecule has 0 spiro atoms. The number of aliphatic hydroxyl groups excluding tert-OH is 1. The number of hydrogen-bond acceptors (Lipinski definition) is 2. The Kier molecular flexibility index (Phi) is 2.31. The Morgan fingerprint density at radius 3 is 2.85 bits per heavy atom. The molecule has 0 aromatic rings. The number of fused-ring (bicyclic) bond motifs is 2.